The number of aryl methyl sites for hydroxylation is 1. The maximum absolute atomic E-state index is 13.7. The van der Waals surface area contributed by atoms with E-state index < -0.39 is 6.04 Å². The predicted molar refractivity (Wildman–Crippen MR) is 146 cm³/mol. The van der Waals surface area contributed by atoms with E-state index in [0.29, 0.717) is 29.4 Å². The number of carbonyl (C=O) groups excluding carboxylic acids is 2. The number of nitrogens with zero attached hydrogens (tertiary/aromatic N) is 1. The number of amides is 2. The molecule has 0 bridgehead atoms. The molecule has 4 rings (SSSR count). The van der Waals surface area contributed by atoms with Crippen LogP contribution in [0.1, 0.15) is 48.8 Å². The van der Waals surface area contributed by atoms with Crippen molar-refractivity contribution in [2.75, 3.05) is 0 Å². The highest BCUT2D eigenvalue weighted by Gasteiger charge is 2.32. The largest absolute Gasteiger partial charge is 0.352 e. The summed E-state index contributed by atoms with van der Waals surface area (Å²) >= 11 is 12.4. The van der Waals surface area contributed by atoms with Crippen molar-refractivity contribution in [2.45, 2.75) is 63.6 Å². The molecule has 6 heteroatoms. The monoisotopic (exact) mass is 522 g/mol. The minimum absolute atomic E-state index is 0.0765. The molecule has 0 aromatic heterocycles. The normalized spacial score (nSPS) is 14.4. The predicted octanol–water partition coefficient (Wildman–Crippen LogP) is 6.62. The zero-order valence-corrected chi connectivity index (χ0v) is 21.8. The third-order valence-electron chi connectivity index (χ3n) is 6.80. The highest BCUT2D eigenvalue weighted by atomic mass is 35.5. The van der Waals surface area contributed by atoms with Gasteiger partial charge in [-0.1, -0.05) is 96.7 Å². The van der Waals surface area contributed by atoms with E-state index in [-0.39, 0.29) is 24.3 Å². The molecule has 0 aliphatic heterocycles. The van der Waals surface area contributed by atoms with Gasteiger partial charge in [0.05, 0.1) is 0 Å². The van der Waals surface area contributed by atoms with Crippen LogP contribution in [0, 0.1) is 0 Å². The molecule has 1 aliphatic rings. The summed E-state index contributed by atoms with van der Waals surface area (Å²) < 4.78 is 0. The Bertz CT molecular complexity index is 1150. The lowest BCUT2D eigenvalue weighted by molar-refractivity contribution is -0.141. The van der Waals surface area contributed by atoms with Gasteiger partial charge >= 0.3 is 0 Å². The van der Waals surface area contributed by atoms with E-state index in [1.165, 1.54) is 0 Å². The smallest absolute Gasteiger partial charge is 0.243 e. The van der Waals surface area contributed by atoms with Gasteiger partial charge in [-0.25, -0.2) is 0 Å². The summed E-state index contributed by atoms with van der Waals surface area (Å²) in [4.78, 5) is 29.2. The Labute approximate surface area is 223 Å². The highest BCUT2D eigenvalue weighted by molar-refractivity contribution is 6.31. The molecular weight excluding hydrogens is 491 g/mol. The number of benzene rings is 3. The van der Waals surface area contributed by atoms with Gasteiger partial charge in [-0.05, 0) is 54.2 Å². The van der Waals surface area contributed by atoms with Crippen LogP contribution in [0.3, 0.4) is 0 Å². The molecule has 1 saturated carbocycles. The Kier molecular flexibility index (Phi) is 9.43. The van der Waals surface area contributed by atoms with Gasteiger partial charge in [-0.2, -0.15) is 0 Å². The van der Waals surface area contributed by atoms with Crippen LogP contribution in [-0.2, 0) is 29.0 Å². The molecule has 36 heavy (non-hydrogen) atoms. The average molecular weight is 524 g/mol. The molecule has 1 aliphatic carbocycles. The van der Waals surface area contributed by atoms with Crippen molar-refractivity contribution >= 4 is 35.0 Å². The van der Waals surface area contributed by atoms with E-state index in [0.717, 1.165) is 42.4 Å². The molecule has 1 atom stereocenters. The third kappa shape index (κ3) is 7.35. The molecular formula is C30H32Cl2N2O2. The van der Waals surface area contributed by atoms with Gasteiger partial charge in [0.15, 0.2) is 0 Å². The van der Waals surface area contributed by atoms with Crippen LogP contribution in [0.25, 0.3) is 0 Å². The van der Waals surface area contributed by atoms with E-state index >= 15 is 0 Å². The first-order chi connectivity index (χ1) is 17.5. The molecule has 3 aromatic rings. The van der Waals surface area contributed by atoms with Crippen LogP contribution < -0.4 is 5.32 Å². The summed E-state index contributed by atoms with van der Waals surface area (Å²) in [6, 6.07) is 24.5. The molecule has 1 fully saturated rings. The summed E-state index contributed by atoms with van der Waals surface area (Å²) in [5.41, 5.74) is 2.87. The van der Waals surface area contributed by atoms with Gasteiger partial charge < -0.3 is 10.2 Å². The molecule has 1 unspecified atom stereocenters. The Balaban J connectivity index is 1.61. The van der Waals surface area contributed by atoms with Crippen LogP contribution >= 0.6 is 23.2 Å². The van der Waals surface area contributed by atoms with Gasteiger partial charge in [0, 0.05) is 35.5 Å². The Hall–Kier alpha value is -2.82. The van der Waals surface area contributed by atoms with E-state index in [2.05, 4.69) is 5.32 Å². The molecule has 4 nitrogen and oxygen atoms in total. The lowest BCUT2D eigenvalue weighted by atomic mass is 10.0. The van der Waals surface area contributed by atoms with Crippen LogP contribution in [0.5, 0.6) is 0 Å². The first-order valence-electron chi connectivity index (χ1n) is 12.6. The number of nitrogens with one attached hydrogen (secondary N) is 1. The fourth-order valence-corrected chi connectivity index (χ4v) is 5.15. The van der Waals surface area contributed by atoms with Gasteiger partial charge in [-0.3, -0.25) is 9.59 Å². The van der Waals surface area contributed by atoms with Crippen molar-refractivity contribution in [1.29, 1.82) is 0 Å². The maximum Gasteiger partial charge on any atom is 0.243 e. The first-order valence-corrected chi connectivity index (χ1v) is 13.4. The number of hydrogen-bond acceptors (Lipinski definition) is 2. The highest BCUT2D eigenvalue weighted by Crippen LogP contribution is 2.22. The fraction of sp³-hybridized carbons (Fsp3) is 0.333. The van der Waals surface area contributed by atoms with Crippen molar-refractivity contribution < 1.29 is 9.59 Å². The van der Waals surface area contributed by atoms with Gasteiger partial charge in [0.1, 0.15) is 6.04 Å². The van der Waals surface area contributed by atoms with Crippen molar-refractivity contribution in [2.24, 2.45) is 0 Å². The van der Waals surface area contributed by atoms with Crippen LogP contribution in [0.4, 0.5) is 0 Å². The molecule has 0 heterocycles. The molecule has 188 valence electrons. The standard InChI is InChI=1S/C30H32Cl2N2O2/c31-25-17-14-23(15-18-25)21-34(29(35)19-16-24-10-4-7-13-27(24)32)28(20-22-8-2-1-3-9-22)30(36)33-26-11-5-6-12-26/h1-4,7-10,13-15,17-18,26,28H,5-6,11-12,16,19-21H2,(H,33,36). The van der Waals surface area contributed by atoms with E-state index in [1.807, 2.05) is 78.9 Å². The number of halogens is 2. The second-order valence-corrected chi connectivity index (χ2v) is 10.3. The van der Waals surface area contributed by atoms with Crippen molar-refractivity contribution in [3.8, 4) is 0 Å². The first kappa shape index (κ1) is 26.2. The fourth-order valence-electron chi connectivity index (χ4n) is 4.79. The molecule has 3 aromatic carbocycles. The molecule has 2 amide bonds. The minimum atomic E-state index is -0.623. The lowest BCUT2D eigenvalue weighted by Crippen LogP contribution is -2.52. The Morgan fingerprint density at radius 2 is 1.53 bits per heavy atom. The van der Waals surface area contributed by atoms with Crippen molar-refractivity contribution in [1.82, 2.24) is 10.2 Å². The second kappa shape index (κ2) is 12.9. The molecule has 1 N–H and O–H groups in total. The van der Waals surface area contributed by atoms with E-state index in [1.54, 1.807) is 4.90 Å². The van der Waals surface area contributed by atoms with Crippen molar-refractivity contribution in [3.05, 3.63) is 106 Å². The molecule has 0 radical (unpaired) electrons. The Morgan fingerprint density at radius 3 is 2.22 bits per heavy atom. The summed E-state index contributed by atoms with van der Waals surface area (Å²) in [5.74, 6) is -0.168. The van der Waals surface area contributed by atoms with Crippen LogP contribution in [-0.4, -0.2) is 28.8 Å². The third-order valence-corrected chi connectivity index (χ3v) is 7.43. The van der Waals surface area contributed by atoms with Gasteiger partial charge in [0.25, 0.3) is 0 Å². The zero-order chi connectivity index (χ0) is 25.3. The quantitative estimate of drug-likeness (QED) is 0.325. The second-order valence-electron chi connectivity index (χ2n) is 9.44. The number of rotatable bonds is 10. The SMILES string of the molecule is O=C(NC1CCCC1)C(Cc1ccccc1)N(Cc1ccc(Cl)cc1)C(=O)CCc1ccccc1Cl. The van der Waals surface area contributed by atoms with Crippen molar-refractivity contribution in [3.63, 3.8) is 0 Å². The zero-order valence-electron chi connectivity index (χ0n) is 20.3. The molecule has 0 spiro atoms. The van der Waals surface area contributed by atoms with Crippen LogP contribution in [0.2, 0.25) is 10.0 Å². The average Bonchev–Trinajstić information content (AvgIpc) is 3.40. The topological polar surface area (TPSA) is 49.4 Å². The lowest BCUT2D eigenvalue weighted by Gasteiger charge is -2.32. The summed E-state index contributed by atoms with van der Waals surface area (Å²) in [6.45, 7) is 0.327. The minimum Gasteiger partial charge on any atom is -0.352 e. The van der Waals surface area contributed by atoms with E-state index in [9.17, 15) is 9.59 Å². The Morgan fingerprint density at radius 1 is 0.861 bits per heavy atom. The number of carbonyl (C=O) groups is 2. The number of hydrogen-bond donors (Lipinski definition) is 1. The van der Waals surface area contributed by atoms with E-state index in [4.69, 9.17) is 23.2 Å². The van der Waals surface area contributed by atoms with Gasteiger partial charge in [-0.15, -0.1) is 0 Å². The van der Waals surface area contributed by atoms with Gasteiger partial charge in [0.2, 0.25) is 11.8 Å². The summed E-state index contributed by atoms with van der Waals surface area (Å²) in [5, 5.41) is 4.52. The summed E-state index contributed by atoms with van der Waals surface area (Å²) in [7, 11) is 0. The van der Waals surface area contributed by atoms with Crippen LogP contribution in [0.15, 0.2) is 78.9 Å². The summed E-state index contributed by atoms with van der Waals surface area (Å²) in [6.07, 6.45) is 5.45. The maximum atomic E-state index is 13.7. The molecule has 0 saturated heterocycles.